The molecule has 2 heterocycles. The van der Waals surface area contributed by atoms with Crippen molar-refractivity contribution in [3.63, 3.8) is 0 Å². The van der Waals surface area contributed by atoms with Gasteiger partial charge in [-0.1, -0.05) is 17.3 Å². The quantitative estimate of drug-likeness (QED) is 0.670. The van der Waals surface area contributed by atoms with Crippen LogP contribution < -0.4 is 14.4 Å². The second-order valence-corrected chi connectivity index (χ2v) is 6.85. The van der Waals surface area contributed by atoms with Gasteiger partial charge in [0.2, 0.25) is 11.7 Å². The molecule has 2 aromatic carbocycles. The molecule has 1 unspecified atom stereocenters. The van der Waals surface area contributed by atoms with E-state index in [0.717, 1.165) is 11.3 Å². The van der Waals surface area contributed by atoms with E-state index in [1.165, 1.54) is 0 Å². The van der Waals surface area contributed by atoms with Gasteiger partial charge in [-0.2, -0.15) is 4.98 Å². The van der Waals surface area contributed by atoms with Crippen LogP contribution in [0.15, 0.2) is 53.1 Å². The van der Waals surface area contributed by atoms with Crippen molar-refractivity contribution in [1.29, 1.82) is 0 Å². The molecular formula is C21H21N3O4. The largest absolute Gasteiger partial charge is 0.491 e. The Hall–Kier alpha value is -3.35. The molecule has 3 aromatic rings. The van der Waals surface area contributed by atoms with Gasteiger partial charge in [0.05, 0.1) is 11.8 Å². The maximum atomic E-state index is 12.6. The summed E-state index contributed by atoms with van der Waals surface area (Å²) < 4.78 is 16.7. The summed E-state index contributed by atoms with van der Waals surface area (Å²) in [4.78, 5) is 18.6. The zero-order valence-corrected chi connectivity index (χ0v) is 16.0. The van der Waals surface area contributed by atoms with E-state index in [0.29, 0.717) is 23.2 Å². The molecule has 0 saturated carbocycles. The van der Waals surface area contributed by atoms with Crippen LogP contribution in [0.2, 0.25) is 0 Å². The fourth-order valence-electron chi connectivity index (χ4n) is 3.05. The first kappa shape index (κ1) is 18.0. The Morgan fingerprint density at radius 2 is 1.89 bits per heavy atom. The number of ether oxygens (including phenoxy) is 2. The van der Waals surface area contributed by atoms with Crippen LogP contribution >= 0.6 is 0 Å². The average Bonchev–Trinajstić information content (AvgIpc) is 3.14. The summed E-state index contributed by atoms with van der Waals surface area (Å²) in [5.41, 5.74) is 1.51. The van der Waals surface area contributed by atoms with E-state index in [4.69, 9.17) is 14.0 Å². The van der Waals surface area contributed by atoms with Crippen LogP contribution in [-0.2, 0) is 11.3 Å². The molecule has 0 bridgehead atoms. The van der Waals surface area contributed by atoms with Gasteiger partial charge in [0, 0.05) is 5.56 Å². The van der Waals surface area contributed by atoms with E-state index in [1.54, 1.807) is 11.8 Å². The van der Waals surface area contributed by atoms with Gasteiger partial charge in [-0.15, -0.1) is 0 Å². The number of para-hydroxylation sites is 2. The van der Waals surface area contributed by atoms with Crippen molar-refractivity contribution in [1.82, 2.24) is 10.1 Å². The first-order valence-electron chi connectivity index (χ1n) is 9.18. The van der Waals surface area contributed by atoms with Gasteiger partial charge in [-0.05, 0) is 57.2 Å². The van der Waals surface area contributed by atoms with Crippen LogP contribution in [-0.4, -0.2) is 28.3 Å². The molecule has 1 aliphatic rings. The topological polar surface area (TPSA) is 77.7 Å². The van der Waals surface area contributed by atoms with E-state index >= 15 is 0 Å². The van der Waals surface area contributed by atoms with Gasteiger partial charge in [-0.25, -0.2) is 0 Å². The van der Waals surface area contributed by atoms with Crippen LogP contribution in [0, 0.1) is 0 Å². The van der Waals surface area contributed by atoms with Crippen LogP contribution in [0.5, 0.6) is 11.5 Å². The summed E-state index contributed by atoms with van der Waals surface area (Å²) in [6.07, 6.45) is -0.454. The Kier molecular flexibility index (Phi) is 4.73. The number of fused-ring (bicyclic) bond motifs is 1. The smallest absolute Gasteiger partial charge is 0.268 e. The molecule has 4 rings (SSSR count). The molecule has 1 aromatic heterocycles. The monoisotopic (exact) mass is 379 g/mol. The number of hydrogen-bond acceptors (Lipinski definition) is 6. The standard InChI is InChI=1S/C21H21N3O4/c1-13(2)26-16-10-8-15(9-11-16)20-22-19(28-23-20)12-24-17-6-4-5-7-18(17)27-14(3)21(24)25/h4-11,13-14H,12H2,1-3H3. The van der Waals surface area contributed by atoms with E-state index < -0.39 is 6.10 Å². The van der Waals surface area contributed by atoms with Gasteiger partial charge in [0.15, 0.2) is 6.10 Å². The lowest BCUT2D eigenvalue weighted by Gasteiger charge is -2.31. The van der Waals surface area contributed by atoms with Crippen molar-refractivity contribution >= 4 is 11.6 Å². The van der Waals surface area contributed by atoms with Crippen LogP contribution in [0.4, 0.5) is 5.69 Å². The molecular weight excluding hydrogens is 358 g/mol. The number of benzene rings is 2. The second-order valence-electron chi connectivity index (χ2n) is 6.85. The SMILES string of the molecule is CC(C)Oc1ccc(-c2noc(CN3C(=O)C(C)Oc4ccccc43)n2)cc1. The third-order valence-electron chi connectivity index (χ3n) is 4.32. The summed E-state index contributed by atoms with van der Waals surface area (Å²) >= 11 is 0. The summed E-state index contributed by atoms with van der Waals surface area (Å²) in [5, 5.41) is 4.05. The molecule has 7 nitrogen and oxygen atoms in total. The Morgan fingerprint density at radius 3 is 2.64 bits per heavy atom. The number of amides is 1. The molecule has 1 atom stereocenters. The van der Waals surface area contributed by atoms with Crippen molar-refractivity contribution in [3.8, 4) is 22.9 Å². The van der Waals surface area contributed by atoms with E-state index in [9.17, 15) is 4.79 Å². The lowest BCUT2D eigenvalue weighted by atomic mass is 10.2. The van der Waals surface area contributed by atoms with E-state index in [2.05, 4.69) is 10.1 Å². The van der Waals surface area contributed by atoms with Crippen LogP contribution in [0.1, 0.15) is 26.7 Å². The molecule has 144 valence electrons. The maximum absolute atomic E-state index is 12.6. The Morgan fingerprint density at radius 1 is 1.14 bits per heavy atom. The Bertz CT molecular complexity index is 981. The first-order chi connectivity index (χ1) is 13.5. The molecule has 1 amide bonds. The van der Waals surface area contributed by atoms with E-state index in [-0.39, 0.29) is 18.6 Å². The third-order valence-corrected chi connectivity index (χ3v) is 4.32. The molecule has 7 heteroatoms. The molecule has 1 aliphatic heterocycles. The predicted octanol–water partition coefficient (Wildman–Crippen LogP) is 3.84. The Balaban J connectivity index is 1.54. The van der Waals surface area contributed by atoms with Crippen LogP contribution in [0.3, 0.4) is 0 Å². The van der Waals surface area contributed by atoms with E-state index in [1.807, 2.05) is 62.4 Å². The number of carbonyl (C=O) groups excluding carboxylic acids is 1. The van der Waals surface area contributed by atoms with Gasteiger partial charge < -0.3 is 14.0 Å². The van der Waals surface area contributed by atoms with Crippen molar-refractivity contribution < 1.29 is 18.8 Å². The van der Waals surface area contributed by atoms with Crippen molar-refractivity contribution in [2.75, 3.05) is 4.90 Å². The highest BCUT2D eigenvalue weighted by Gasteiger charge is 2.32. The highest BCUT2D eigenvalue weighted by atomic mass is 16.5. The van der Waals surface area contributed by atoms with Crippen molar-refractivity contribution in [2.24, 2.45) is 0 Å². The minimum atomic E-state index is -0.564. The third kappa shape index (κ3) is 3.55. The van der Waals surface area contributed by atoms with Crippen molar-refractivity contribution in [2.45, 2.75) is 39.5 Å². The van der Waals surface area contributed by atoms with Gasteiger partial charge >= 0.3 is 0 Å². The fraction of sp³-hybridized carbons (Fsp3) is 0.286. The fourth-order valence-corrected chi connectivity index (χ4v) is 3.05. The maximum Gasteiger partial charge on any atom is 0.268 e. The number of aromatic nitrogens is 2. The number of hydrogen-bond donors (Lipinski definition) is 0. The molecule has 0 saturated heterocycles. The average molecular weight is 379 g/mol. The summed E-state index contributed by atoms with van der Waals surface area (Å²) in [6.45, 7) is 5.87. The zero-order chi connectivity index (χ0) is 19.7. The number of anilines is 1. The minimum Gasteiger partial charge on any atom is -0.491 e. The highest BCUT2D eigenvalue weighted by molar-refractivity contribution is 5.99. The van der Waals surface area contributed by atoms with Crippen LogP contribution in [0.25, 0.3) is 11.4 Å². The molecule has 0 radical (unpaired) electrons. The molecule has 0 spiro atoms. The summed E-state index contributed by atoms with van der Waals surface area (Å²) in [6, 6.07) is 14.9. The number of carbonyl (C=O) groups is 1. The molecule has 0 fully saturated rings. The minimum absolute atomic E-state index is 0.110. The molecule has 28 heavy (non-hydrogen) atoms. The lowest BCUT2D eigenvalue weighted by Crippen LogP contribution is -2.44. The normalized spacial score (nSPS) is 16.1. The number of nitrogens with zero attached hydrogens (tertiary/aromatic N) is 3. The predicted molar refractivity (Wildman–Crippen MR) is 103 cm³/mol. The number of rotatable bonds is 5. The zero-order valence-electron chi connectivity index (χ0n) is 16.0. The van der Waals surface area contributed by atoms with Gasteiger partial charge in [-0.3, -0.25) is 9.69 Å². The first-order valence-corrected chi connectivity index (χ1v) is 9.18. The summed E-state index contributed by atoms with van der Waals surface area (Å²) in [7, 11) is 0. The second kappa shape index (κ2) is 7.34. The lowest BCUT2D eigenvalue weighted by molar-refractivity contribution is -0.125. The van der Waals surface area contributed by atoms with Gasteiger partial charge in [0.1, 0.15) is 18.0 Å². The Labute approximate surface area is 162 Å². The molecule has 0 aliphatic carbocycles. The van der Waals surface area contributed by atoms with Crippen molar-refractivity contribution in [3.05, 3.63) is 54.4 Å². The van der Waals surface area contributed by atoms with Gasteiger partial charge in [0.25, 0.3) is 5.91 Å². The summed E-state index contributed by atoms with van der Waals surface area (Å²) in [5.74, 6) is 2.12. The highest BCUT2D eigenvalue weighted by Crippen LogP contribution is 2.34. The molecule has 0 N–H and O–H groups in total.